The molecule has 0 bridgehead atoms. The summed E-state index contributed by atoms with van der Waals surface area (Å²) in [6, 6.07) is 8.40. The molecular weight excluding hydrogens is 172 g/mol. The van der Waals surface area contributed by atoms with Crippen LogP contribution in [0.2, 0.25) is 0 Å². The largest absolute Gasteiger partial charge is 0.347 e. The van der Waals surface area contributed by atoms with E-state index in [1.807, 2.05) is 6.21 Å². The summed E-state index contributed by atoms with van der Waals surface area (Å²) in [7, 11) is 3.89. The molecule has 1 heterocycles. The highest BCUT2D eigenvalue weighted by Gasteiger charge is 2.08. The van der Waals surface area contributed by atoms with E-state index in [9.17, 15) is 0 Å². The Morgan fingerprint density at radius 1 is 1.29 bits per heavy atom. The van der Waals surface area contributed by atoms with Gasteiger partial charge < -0.3 is 4.57 Å². The number of hydrogen-bond donors (Lipinski definition) is 0. The van der Waals surface area contributed by atoms with Gasteiger partial charge in [-0.2, -0.15) is 0 Å². The molecule has 0 N–H and O–H groups in total. The summed E-state index contributed by atoms with van der Waals surface area (Å²) in [4.78, 5) is 4.09. The van der Waals surface area contributed by atoms with E-state index >= 15 is 0 Å². The maximum absolute atomic E-state index is 4.09. The molecule has 0 spiro atoms. The monoisotopic (exact) mass is 186 g/mol. The van der Waals surface area contributed by atoms with E-state index < -0.39 is 0 Å². The van der Waals surface area contributed by atoms with E-state index in [2.05, 4.69) is 47.8 Å². The molecule has 1 aromatic heterocycles. The Bertz CT molecular complexity index is 492. The molecule has 72 valence electrons. The number of nitrogens with zero attached hydrogens (tertiary/aromatic N) is 2. The van der Waals surface area contributed by atoms with Crippen molar-refractivity contribution < 1.29 is 0 Å². The molecule has 2 aromatic rings. The topological polar surface area (TPSA) is 17.3 Å². The van der Waals surface area contributed by atoms with Gasteiger partial charge in [-0.05, 0) is 13.0 Å². The Hall–Kier alpha value is -1.57. The number of para-hydroxylation sites is 1. The molecule has 2 nitrogen and oxygen atoms in total. The van der Waals surface area contributed by atoms with Crippen molar-refractivity contribution in [3.8, 4) is 0 Å². The second-order valence-electron chi connectivity index (χ2n) is 3.46. The van der Waals surface area contributed by atoms with E-state index in [0.29, 0.717) is 0 Å². The van der Waals surface area contributed by atoms with Crippen LogP contribution in [0.3, 0.4) is 0 Å². The molecule has 2 rings (SSSR count). The Kier molecular flexibility index (Phi) is 2.12. The van der Waals surface area contributed by atoms with Gasteiger partial charge in [-0.15, -0.1) is 0 Å². The zero-order chi connectivity index (χ0) is 10.1. The summed E-state index contributed by atoms with van der Waals surface area (Å²) < 4.78 is 2.20. The molecule has 0 aliphatic carbocycles. The molecule has 0 saturated heterocycles. The highest BCUT2D eigenvalue weighted by atomic mass is 14.9. The number of aromatic nitrogens is 1. The predicted molar refractivity (Wildman–Crippen MR) is 61.2 cm³/mol. The quantitative estimate of drug-likeness (QED) is 0.609. The third-order valence-electron chi connectivity index (χ3n) is 2.71. The highest BCUT2D eigenvalue weighted by Crippen LogP contribution is 2.22. The van der Waals surface area contributed by atoms with Crippen LogP contribution in [-0.2, 0) is 7.05 Å². The molecule has 0 radical (unpaired) electrons. The number of hydrogen-bond acceptors (Lipinski definition) is 1. The van der Waals surface area contributed by atoms with Gasteiger partial charge in [-0.3, -0.25) is 4.99 Å². The molecule has 0 amide bonds. The van der Waals surface area contributed by atoms with Crippen LogP contribution >= 0.6 is 0 Å². The van der Waals surface area contributed by atoms with Gasteiger partial charge in [0.2, 0.25) is 0 Å². The fourth-order valence-corrected chi connectivity index (χ4v) is 1.84. The van der Waals surface area contributed by atoms with Crippen LogP contribution in [0.5, 0.6) is 0 Å². The Morgan fingerprint density at radius 2 is 2.00 bits per heavy atom. The maximum atomic E-state index is 4.09. The molecule has 14 heavy (non-hydrogen) atoms. The second kappa shape index (κ2) is 3.29. The number of rotatable bonds is 1. The van der Waals surface area contributed by atoms with Gasteiger partial charge in [0.05, 0.1) is 0 Å². The minimum absolute atomic E-state index is 1.23. The van der Waals surface area contributed by atoms with E-state index in [1.165, 1.54) is 22.2 Å². The molecule has 0 aliphatic rings. The number of aliphatic imine (C=N–C) groups is 1. The fourth-order valence-electron chi connectivity index (χ4n) is 1.84. The molecule has 0 saturated carbocycles. The molecule has 0 aliphatic heterocycles. The van der Waals surface area contributed by atoms with E-state index in [1.54, 1.807) is 7.05 Å². The van der Waals surface area contributed by atoms with Gasteiger partial charge in [-0.25, -0.2) is 0 Å². The number of benzene rings is 1. The summed E-state index contributed by atoms with van der Waals surface area (Å²) in [5.41, 5.74) is 3.75. The lowest BCUT2D eigenvalue weighted by Gasteiger charge is -1.96. The SMILES string of the molecule is C/N=C\c1c(C)n(C)c2ccccc12. The molecule has 0 atom stereocenters. The lowest BCUT2D eigenvalue weighted by molar-refractivity contribution is 0.916. The standard InChI is InChI=1S/C12H14N2/c1-9-11(8-13-2)10-6-4-5-7-12(10)14(9)3/h4-8H,1-3H3/b13-8-. The van der Waals surface area contributed by atoms with Crippen LogP contribution in [-0.4, -0.2) is 17.8 Å². The first kappa shape index (κ1) is 9.00. The summed E-state index contributed by atoms with van der Waals surface area (Å²) in [6.45, 7) is 2.12. The van der Waals surface area contributed by atoms with Crippen LogP contribution in [0.1, 0.15) is 11.3 Å². The minimum atomic E-state index is 1.23. The van der Waals surface area contributed by atoms with Crippen molar-refractivity contribution in [2.75, 3.05) is 7.05 Å². The van der Waals surface area contributed by atoms with Crippen molar-refractivity contribution in [2.24, 2.45) is 12.0 Å². The first-order valence-corrected chi connectivity index (χ1v) is 4.72. The molecule has 0 unspecified atom stereocenters. The zero-order valence-corrected chi connectivity index (χ0v) is 8.78. The summed E-state index contributed by atoms with van der Waals surface area (Å²) in [5, 5.41) is 1.28. The van der Waals surface area contributed by atoms with Crippen molar-refractivity contribution >= 4 is 17.1 Å². The second-order valence-corrected chi connectivity index (χ2v) is 3.46. The third-order valence-corrected chi connectivity index (χ3v) is 2.71. The van der Waals surface area contributed by atoms with Crippen LogP contribution < -0.4 is 0 Å². The Balaban J connectivity index is 2.87. The summed E-state index contributed by atoms with van der Waals surface area (Å²) >= 11 is 0. The smallest absolute Gasteiger partial charge is 0.0486 e. The van der Waals surface area contributed by atoms with Crippen molar-refractivity contribution in [1.29, 1.82) is 0 Å². The average molecular weight is 186 g/mol. The highest BCUT2D eigenvalue weighted by molar-refractivity contribution is 6.01. The van der Waals surface area contributed by atoms with Gasteiger partial charge in [0.15, 0.2) is 0 Å². The van der Waals surface area contributed by atoms with Gasteiger partial charge in [0, 0.05) is 42.5 Å². The van der Waals surface area contributed by atoms with E-state index in [4.69, 9.17) is 0 Å². The molecule has 2 heteroatoms. The van der Waals surface area contributed by atoms with Gasteiger partial charge in [0.1, 0.15) is 0 Å². The average Bonchev–Trinajstić information content (AvgIpc) is 2.45. The third kappa shape index (κ3) is 1.15. The first-order chi connectivity index (χ1) is 6.75. The van der Waals surface area contributed by atoms with Crippen LogP contribution in [0.25, 0.3) is 10.9 Å². The predicted octanol–water partition coefficient (Wildman–Crippen LogP) is 2.54. The van der Waals surface area contributed by atoms with Crippen LogP contribution in [0.4, 0.5) is 0 Å². The number of fused-ring (bicyclic) bond motifs is 1. The minimum Gasteiger partial charge on any atom is -0.347 e. The maximum Gasteiger partial charge on any atom is 0.0486 e. The molecule has 1 aromatic carbocycles. The van der Waals surface area contributed by atoms with Gasteiger partial charge >= 0.3 is 0 Å². The fraction of sp³-hybridized carbons (Fsp3) is 0.250. The van der Waals surface area contributed by atoms with Crippen LogP contribution in [0, 0.1) is 6.92 Å². The van der Waals surface area contributed by atoms with Gasteiger partial charge in [0.25, 0.3) is 0 Å². The van der Waals surface area contributed by atoms with E-state index in [0.717, 1.165) is 0 Å². The zero-order valence-electron chi connectivity index (χ0n) is 8.78. The van der Waals surface area contributed by atoms with Crippen molar-refractivity contribution in [3.63, 3.8) is 0 Å². The number of aryl methyl sites for hydroxylation is 1. The normalized spacial score (nSPS) is 11.6. The summed E-state index contributed by atoms with van der Waals surface area (Å²) in [6.07, 6.45) is 1.93. The summed E-state index contributed by atoms with van der Waals surface area (Å²) in [5.74, 6) is 0. The lowest BCUT2D eigenvalue weighted by atomic mass is 10.1. The molecule has 0 fully saturated rings. The van der Waals surface area contributed by atoms with E-state index in [-0.39, 0.29) is 0 Å². The Morgan fingerprint density at radius 3 is 2.71 bits per heavy atom. The van der Waals surface area contributed by atoms with Crippen molar-refractivity contribution in [1.82, 2.24) is 4.57 Å². The molecular formula is C12H14N2. The first-order valence-electron chi connectivity index (χ1n) is 4.72. The van der Waals surface area contributed by atoms with Crippen LogP contribution in [0.15, 0.2) is 29.3 Å². The lowest BCUT2D eigenvalue weighted by Crippen LogP contribution is -1.91. The Labute approximate surface area is 83.9 Å². The van der Waals surface area contributed by atoms with Crippen molar-refractivity contribution in [2.45, 2.75) is 6.92 Å². The van der Waals surface area contributed by atoms with Gasteiger partial charge in [-0.1, -0.05) is 18.2 Å². The van der Waals surface area contributed by atoms with Crippen molar-refractivity contribution in [3.05, 3.63) is 35.5 Å².